The number of carbonyl (C=O) groups is 1. The molecule has 0 saturated carbocycles. The minimum Gasteiger partial charge on any atom is -0.377 e. The maximum atomic E-state index is 12.3. The number of anilines is 1. The third-order valence-electron chi connectivity index (χ3n) is 2.01. The second kappa shape index (κ2) is 5.12. The number of alkyl halides is 2. The molecule has 1 unspecified atom stereocenters. The van der Waals surface area contributed by atoms with Crippen LogP contribution in [-0.4, -0.2) is 18.4 Å². The Hall–Kier alpha value is -1.36. The van der Waals surface area contributed by atoms with Crippen molar-refractivity contribution in [2.75, 3.05) is 5.32 Å². The lowest BCUT2D eigenvalue weighted by atomic mass is 10.2. The van der Waals surface area contributed by atoms with Crippen LogP contribution in [0.5, 0.6) is 0 Å². The summed E-state index contributed by atoms with van der Waals surface area (Å²) >= 11 is 5.76. The van der Waals surface area contributed by atoms with Crippen LogP contribution in [0, 0.1) is 0 Å². The van der Waals surface area contributed by atoms with E-state index >= 15 is 0 Å². The second-order valence-electron chi connectivity index (χ2n) is 3.33. The largest absolute Gasteiger partial charge is 0.377 e. The number of primary amides is 1. The number of amides is 1. The average Bonchev–Trinajstić information content (AvgIpc) is 2.16. The van der Waals surface area contributed by atoms with Crippen molar-refractivity contribution in [2.24, 2.45) is 5.73 Å². The quantitative estimate of drug-likeness (QED) is 0.860. The predicted molar refractivity (Wildman–Crippen MR) is 59.1 cm³/mol. The number of hydrogen-bond donors (Lipinski definition) is 2. The summed E-state index contributed by atoms with van der Waals surface area (Å²) in [6, 6.07) is 3.27. The predicted octanol–water partition coefficient (Wildman–Crippen LogP) is 2.50. The Balaban J connectivity index is 2.85. The third kappa shape index (κ3) is 3.06. The lowest BCUT2D eigenvalue weighted by molar-refractivity contribution is 0.100. The lowest BCUT2D eigenvalue weighted by Crippen LogP contribution is -2.23. The van der Waals surface area contributed by atoms with E-state index in [1.54, 1.807) is 0 Å². The van der Waals surface area contributed by atoms with E-state index in [2.05, 4.69) is 5.32 Å². The maximum Gasteiger partial charge on any atom is 0.258 e. The first-order chi connectivity index (χ1) is 7.41. The topological polar surface area (TPSA) is 55.1 Å². The van der Waals surface area contributed by atoms with Gasteiger partial charge in [-0.2, -0.15) is 0 Å². The molecule has 1 atom stereocenters. The summed E-state index contributed by atoms with van der Waals surface area (Å²) in [6.07, 6.45) is -2.48. The van der Waals surface area contributed by atoms with E-state index in [4.69, 9.17) is 17.3 Å². The standard InChI is InChI=1S/C10H11ClF2N2O/c1-5(9(12)13)15-6-2-3-7(10(14)16)8(11)4-6/h2-5,9,15H,1H3,(H2,14,16). The Labute approximate surface area is 96.6 Å². The Bertz CT molecular complexity index is 398. The molecule has 0 radical (unpaired) electrons. The second-order valence-corrected chi connectivity index (χ2v) is 3.73. The first kappa shape index (κ1) is 12.7. The first-order valence-electron chi connectivity index (χ1n) is 4.56. The van der Waals surface area contributed by atoms with E-state index in [1.165, 1.54) is 25.1 Å². The zero-order valence-electron chi connectivity index (χ0n) is 8.51. The number of carbonyl (C=O) groups excluding carboxylic acids is 1. The van der Waals surface area contributed by atoms with Crippen LogP contribution >= 0.6 is 11.6 Å². The number of benzene rings is 1. The lowest BCUT2D eigenvalue weighted by Gasteiger charge is -2.14. The zero-order chi connectivity index (χ0) is 12.3. The van der Waals surface area contributed by atoms with Gasteiger partial charge in [0.15, 0.2) is 0 Å². The van der Waals surface area contributed by atoms with Crippen LogP contribution in [0.15, 0.2) is 18.2 Å². The van der Waals surface area contributed by atoms with Crippen molar-refractivity contribution in [3.63, 3.8) is 0 Å². The molecule has 3 nitrogen and oxygen atoms in total. The van der Waals surface area contributed by atoms with Crippen LogP contribution in [0.1, 0.15) is 17.3 Å². The van der Waals surface area contributed by atoms with E-state index in [-0.39, 0.29) is 10.6 Å². The van der Waals surface area contributed by atoms with E-state index in [0.717, 1.165) is 0 Å². The van der Waals surface area contributed by atoms with Gasteiger partial charge in [-0.25, -0.2) is 8.78 Å². The van der Waals surface area contributed by atoms with Crippen molar-refractivity contribution in [1.29, 1.82) is 0 Å². The minimum atomic E-state index is -2.48. The van der Waals surface area contributed by atoms with Gasteiger partial charge in [0, 0.05) is 5.69 Å². The van der Waals surface area contributed by atoms with Crippen molar-refractivity contribution in [1.82, 2.24) is 0 Å². The normalized spacial score (nSPS) is 12.6. The van der Waals surface area contributed by atoms with Crippen LogP contribution in [0.2, 0.25) is 5.02 Å². The molecule has 0 bridgehead atoms. The Morgan fingerprint density at radius 3 is 2.56 bits per heavy atom. The van der Waals surface area contributed by atoms with E-state index in [0.29, 0.717) is 5.69 Å². The highest BCUT2D eigenvalue weighted by Gasteiger charge is 2.15. The SMILES string of the molecule is CC(Nc1ccc(C(N)=O)c(Cl)c1)C(F)F. The smallest absolute Gasteiger partial charge is 0.258 e. The molecule has 1 aromatic rings. The number of nitrogens with one attached hydrogen (secondary N) is 1. The number of nitrogens with two attached hydrogens (primary N) is 1. The molecule has 0 aliphatic carbocycles. The summed E-state index contributed by atoms with van der Waals surface area (Å²) in [5.41, 5.74) is 5.63. The fourth-order valence-corrected chi connectivity index (χ4v) is 1.40. The Morgan fingerprint density at radius 1 is 1.50 bits per heavy atom. The molecule has 0 aromatic heterocycles. The molecule has 1 aromatic carbocycles. The van der Waals surface area contributed by atoms with Gasteiger partial charge in [0.25, 0.3) is 6.43 Å². The molecule has 0 fully saturated rings. The maximum absolute atomic E-state index is 12.3. The van der Waals surface area contributed by atoms with Crippen LogP contribution in [0.4, 0.5) is 14.5 Å². The third-order valence-corrected chi connectivity index (χ3v) is 2.32. The molecule has 1 rings (SSSR count). The van der Waals surface area contributed by atoms with Crippen LogP contribution in [0.3, 0.4) is 0 Å². The van der Waals surface area contributed by atoms with Gasteiger partial charge in [0.1, 0.15) is 0 Å². The molecular weight excluding hydrogens is 238 g/mol. The van der Waals surface area contributed by atoms with Crippen LogP contribution in [-0.2, 0) is 0 Å². The molecule has 1 amide bonds. The monoisotopic (exact) mass is 248 g/mol. The summed E-state index contributed by atoms with van der Waals surface area (Å²) in [6.45, 7) is 1.35. The van der Waals surface area contributed by atoms with Crippen LogP contribution in [0.25, 0.3) is 0 Å². The molecule has 88 valence electrons. The summed E-state index contributed by atoms with van der Waals surface area (Å²) in [4.78, 5) is 10.9. The fourth-order valence-electron chi connectivity index (χ4n) is 1.13. The molecule has 0 spiro atoms. The van der Waals surface area contributed by atoms with Crippen molar-refractivity contribution in [2.45, 2.75) is 19.4 Å². The molecule has 0 heterocycles. The van der Waals surface area contributed by atoms with E-state index < -0.39 is 18.4 Å². The molecule has 0 aliphatic heterocycles. The van der Waals surface area contributed by atoms with Crippen molar-refractivity contribution >= 4 is 23.2 Å². The highest BCUT2D eigenvalue weighted by molar-refractivity contribution is 6.34. The van der Waals surface area contributed by atoms with E-state index in [1.807, 2.05) is 0 Å². The Morgan fingerprint density at radius 2 is 2.12 bits per heavy atom. The van der Waals surface area contributed by atoms with Gasteiger partial charge in [0.2, 0.25) is 5.91 Å². The van der Waals surface area contributed by atoms with Crippen molar-refractivity contribution < 1.29 is 13.6 Å². The zero-order valence-corrected chi connectivity index (χ0v) is 9.26. The summed E-state index contributed by atoms with van der Waals surface area (Å²) < 4.78 is 24.5. The van der Waals surface area contributed by atoms with Gasteiger partial charge in [-0.05, 0) is 25.1 Å². The summed E-state index contributed by atoms with van der Waals surface area (Å²) in [7, 11) is 0. The van der Waals surface area contributed by atoms with Crippen molar-refractivity contribution in [3.05, 3.63) is 28.8 Å². The first-order valence-corrected chi connectivity index (χ1v) is 4.93. The number of halogens is 3. The van der Waals surface area contributed by atoms with Gasteiger partial charge < -0.3 is 11.1 Å². The molecular formula is C10H11ClF2N2O. The Kier molecular flexibility index (Phi) is 4.06. The summed E-state index contributed by atoms with van der Waals surface area (Å²) in [5, 5.41) is 2.70. The summed E-state index contributed by atoms with van der Waals surface area (Å²) in [5.74, 6) is -0.654. The van der Waals surface area contributed by atoms with Gasteiger partial charge in [-0.15, -0.1) is 0 Å². The molecule has 16 heavy (non-hydrogen) atoms. The minimum absolute atomic E-state index is 0.138. The highest BCUT2D eigenvalue weighted by atomic mass is 35.5. The number of rotatable bonds is 4. The van der Waals surface area contributed by atoms with Crippen LogP contribution < -0.4 is 11.1 Å². The fraction of sp³-hybridized carbons (Fsp3) is 0.300. The van der Waals surface area contributed by atoms with Crippen molar-refractivity contribution in [3.8, 4) is 0 Å². The van der Waals surface area contributed by atoms with Gasteiger partial charge in [-0.1, -0.05) is 11.6 Å². The average molecular weight is 249 g/mol. The molecule has 6 heteroatoms. The number of hydrogen-bond acceptors (Lipinski definition) is 2. The molecule has 0 saturated heterocycles. The van der Waals surface area contributed by atoms with Gasteiger partial charge in [0.05, 0.1) is 16.6 Å². The van der Waals surface area contributed by atoms with E-state index in [9.17, 15) is 13.6 Å². The highest BCUT2D eigenvalue weighted by Crippen LogP contribution is 2.21. The van der Waals surface area contributed by atoms with Gasteiger partial charge >= 0.3 is 0 Å². The molecule has 3 N–H and O–H groups in total. The molecule has 0 aliphatic rings. The van der Waals surface area contributed by atoms with Gasteiger partial charge in [-0.3, -0.25) is 4.79 Å².